The molecule has 0 saturated carbocycles. The fourth-order valence-corrected chi connectivity index (χ4v) is 3.41. The highest BCUT2D eigenvalue weighted by atomic mass is 16.5. The van der Waals surface area contributed by atoms with Crippen molar-refractivity contribution >= 4 is 17.7 Å². The maximum absolute atomic E-state index is 12.3. The lowest BCUT2D eigenvalue weighted by atomic mass is 9.87. The molecular weight excluding hydrogens is 342 g/mol. The van der Waals surface area contributed by atoms with Gasteiger partial charge in [0.1, 0.15) is 5.82 Å². The van der Waals surface area contributed by atoms with Gasteiger partial charge in [-0.3, -0.25) is 4.79 Å². The minimum absolute atomic E-state index is 0.0423. The van der Waals surface area contributed by atoms with E-state index in [-0.39, 0.29) is 17.8 Å². The van der Waals surface area contributed by atoms with Gasteiger partial charge in [-0.2, -0.15) is 5.10 Å². The van der Waals surface area contributed by atoms with Gasteiger partial charge < -0.3 is 10.1 Å². The Morgan fingerprint density at radius 3 is 2.63 bits per heavy atom. The summed E-state index contributed by atoms with van der Waals surface area (Å²) in [4.78, 5) is 23.9. The number of methoxy groups -OCH3 is 1. The molecule has 2 heterocycles. The van der Waals surface area contributed by atoms with Gasteiger partial charge in [0.25, 0.3) is 0 Å². The molecule has 0 bridgehead atoms. The zero-order valence-electron chi connectivity index (χ0n) is 14.9. The predicted molar refractivity (Wildman–Crippen MR) is 101 cm³/mol. The summed E-state index contributed by atoms with van der Waals surface area (Å²) in [6.07, 6.45) is 2.16. The average Bonchev–Trinajstić information content (AvgIpc) is 3.10. The van der Waals surface area contributed by atoms with E-state index in [2.05, 4.69) is 10.4 Å². The number of anilines is 1. The molecule has 3 aromatic rings. The molecule has 1 amide bonds. The molecule has 27 heavy (non-hydrogen) atoms. The van der Waals surface area contributed by atoms with Gasteiger partial charge in [-0.05, 0) is 23.3 Å². The summed E-state index contributed by atoms with van der Waals surface area (Å²) >= 11 is 0. The van der Waals surface area contributed by atoms with Crippen molar-refractivity contribution < 1.29 is 14.3 Å². The average molecular weight is 361 g/mol. The van der Waals surface area contributed by atoms with Gasteiger partial charge in [-0.25, -0.2) is 9.48 Å². The van der Waals surface area contributed by atoms with Crippen LogP contribution in [0.5, 0.6) is 0 Å². The fourth-order valence-electron chi connectivity index (χ4n) is 3.41. The second kappa shape index (κ2) is 7.07. The van der Waals surface area contributed by atoms with Crippen LogP contribution < -0.4 is 5.32 Å². The number of fused-ring (bicyclic) bond motifs is 1. The monoisotopic (exact) mass is 361 g/mol. The minimum Gasteiger partial charge on any atom is -0.465 e. The Bertz CT molecular complexity index is 978. The quantitative estimate of drug-likeness (QED) is 0.725. The summed E-state index contributed by atoms with van der Waals surface area (Å²) in [6, 6.07) is 17.2. The van der Waals surface area contributed by atoms with Crippen LogP contribution in [-0.2, 0) is 16.1 Å². The normalized spacial score (nSPS) is 15.7. The molecule has 1 atom stereocenters. The van der Waals surface area contributed by atoms with E-state index >= 15 is 0 Å². The van der Waals surface area contributed by atoms with E-state index in [0.29, 0.717) is 18.5 Å². The third-order valence-corrected chi connectivity index (χ3v) is 4.80. The molecule has 6 heteroatoms. The Morgan fingerprint density at radius 1 is 1.19 bits per heavy atom. The minimum atomic E-state index is -0.376. The molecule has 0 spiro atoms. The molecule has 4 rings (SSSR count). The summed E-state index contributed by atoms with van der Waals surface area (Å²) in [6.45, 7) is 0.588. The Hall–Kier alpha value is -3.41. The molecule has 0 radical (unpaired) electrons. The Morgan fingerprint density at radius 2 is 1.93 bits per heavy atom. The first-order valence-corrected chi connectivity index (χ1v) is 8.73. The highest BCUT2D eigenvalue weighted by Crippen LogP contribution is 2.37. The molecular formula is C21H19N3O3. The van der Waals surface area contributed by atoms with Crippen molar-refractivity contribution in [1.82, 2.24) is 9.78 Å². The molecule has 1 aliphatic heterocycles. The van der Waals surface area contributed by atoms with Gasteiger partial charge >= 0.3 is 5.97 Å². The zero-order valence-corrected chi connectivity index (χ0v) is 14.9. The van der Waals surface area contributed by atoms with E-state index in [9.17, 15) is 9.59 Å². The van der Waals surface area contributed by atoms with E-state index in [4.69, 9.17) is 4.74 Å². The van der Waals surface area contributed by atoms with Gasteiger partial charge in [-0.1, -0.05) is 42.5 Å². The lowest BCUT2D eigenvalue weighted by Gasteiger charge is -2.24. The summed E-state index contributed by atoms with van der Waals surface area (Å²) in [5.74, 6) is 0.223. The van der Waals surface area contributed by atoms with Crippen LogP contribution in [-0.4, -0.2) is 28.8 Å². The molecule has 1 aliphatic rings. The van der Waals surface area contributed by atoms with E-state index in [1.165, 1.54) is 7.11 Å². The van der Waals surface area contributed by atoms with E-state index in [1.807, 2.05) is 53.3 Å². The van der Waals surface area contributed by atoms with Gasteiger partial charge in [0.15, 0.2) is 0 Å². The van der Waals surface area contributed by atoms with Gasteiger partial charge in [0.05, 0.1) is 25.4 Å². The number of esters is 1. The van der Waals surface area contributed by atoms with Crippen LogP contribution in [0, 0.1) is 0 Å². The number of benzene rings is 2. The summed E-state index contributed by atoms with van der Waals surface area (Å²) in [5.41, 5.74) is 3.55. The maximum atomic E-state index is 12.3. The molecule has 0 aliphatic carbocycles. The third-order valence-electron chi connectivity index (χ3n) is 4.80. The van der Waals surface area contributed by atoms with Crippen LogP contribution in [0.1, 0.15) is 39.4 Å². The molecule has 0 saturated heterocycles. The largest absolute Gasteiger partial charge is 0.465 e. The molecule has 1 unspecified atom stereocenters. The van der Waals surface area contributed by atoms with Crippen LogP contribution in [0.2, 0.25) is 0 Å². The van der Waals surface area contributed by atoms with Crippen molar-refractivity contribution in [3.05, 3.63) is 83.0 Å². The predicted octanol–water partition coefficient (Wildman–Crippen LogP) is 3.19. The van der Waals surface area contributed by atoms with Crippen molar-refractivity contribution in [2.24, 2.45) is 0 Å². The fraction of sp³-hybridized carbons (Fsp3) is 0.190. The number of nitrogens with one attached hydrogen (secondary N) is 1. The summed E-state index contributed by atoms with van der Waals surface area (Å²) in [7, 11) is 1.36. The number of rotatable bonds is 4. The smallest absolute Gasteiger partial charge is 0.337 e. The first kappa shape index (κ1) is 17.0. The SMILES string of the molecule is COC(=O)c1ccc(C2CC(=O)Nc3c2cnn3Cc2ccccc2)cc1. The van der Waals surface area contributed by atoms with Crippen molar-refractivity contribution in [2.45, 2.75) is 18.9 Å². The standard InChI is InChI=1S/C21H19N3O3/c1-27-21(26)16-9-7-15(8-10-16)17-11-19(25)23-20-18(17)12-22-24(20)13-14-5-3-2-4-6-14/h2-10,12,17H,11,13H2,1H3,(H,23,25). The molecule has 2 aromatic carbocycles. The first-order chi connectivity index (χ1) is 13.2. The Kier molecular flexibility index (Phi) is 4.46. The van der Waals surface area contributed by atoms with E-state index in [1.54, 1.807) is 12.1 Å². The van der Waals surface area contributed by atoms with Gasteiger partial charge in [0, 0.05) is 17.9 Å². The number of amides is 1. The second-order valence-corrected chi connectivity index (χ2v) is 6.51. The lowest BCUT2D eigenvalue weighted by molar-refractivity contribution is -0.116. The number of nitrogens with zero attached hydrogens (tertiary/aromatic N) is 2. The number of hydrogen-bond donors (Lipinski definition) is 1. The van der Waals surface area contributed by atoms with Gasteiger partial charge in [-0.15, -0.1) is 0 Å². The number of carbonyl (C=O) groups is 2. The lowest BCUT2D eigenvalue weighted by Crippen LogP contribution is -2.25. The molecule has 136 valence electrons. The third kappa shape index (κ3) is 3.33. The van der Waals surface area contributed by atoms with Crippen LogP contribution in [0.25, 0.3) is 0 Å². The molecule has 0 fully saturated rings. The Labute approximate surface area is 156 Å². The van der Waals surface area contributed by atoms with Gasteiger partial charge in [0.2, 0.25) is 5.91 Å². The van der Waals surface area contributed by atoms with Crippen molar-refractivity contribution in [1.29, 1.82) is 0 Å². The first-order valence-electron chi connectivity index (χ1n) is 8.73. The highest BCUT2D eigenvalue weighted by Gasteiger charge is 2.30. The second-order valence-electron chi connectivity index (χ2n) is 6.51. The van der Waals surface area contributed by atoms with Crippen LogP contribution in [0.3, 0.4) is 0 Å². The highest BCUT2D eigenvalue weighted by molar-refractivity contribution is 5.94. The number of ether oxygens (including phenoxy) is 1. The summed E-state index contributed by atoms with van der Waals surface area (Å²) in [5, 5.41) is 7.44. The maximum Gasteiger partial charge on any atom is 0.337 e. The number of hydrogen-bond acceptors (Lipinski definition) is 4. The van der Waals surface area contributed by atoms with E-state index < -0.39 is 0 Å². The van der Waals surface area contributed by atoms with Crippen molar-refractivity contribution in [3.63, 3.8) is 0 Å². The topological polar surface area (TPSA) is 73.2 Å². The van der Waals surface area contributed by atoms with Crippen LogP contribution >= 0.6 is 0 Å². The molecule has 1 aromatic heterocycles. The number of aromatic nitrogens is 2. The zero-order chi connectivity index (χ0) is 18.8. The molecule has 1 N–H and O–H groups in total. The van der Waals surface area contributed by atoms with Crippen LogP contribution in [0.15, 0.2) is 60.8 Å². The van der Waals surface area contributed by atoms with E-state index in [0.717, 1.165) is 22.5 Å². The summed E-state index contributed by atoms with van der Waals surface area (Å²) < 4.78 is 6.56. The van der Waals surface area contributed by atoms with Crippen LogP contribution in [0.4, 0.5) is 5.82 Å². The van der Waals surface area contributed by atoms with Crippen molar-refractivity contribution in [2.75, 3.05) is 12.4 Å². The van der Waals surface area contributed by atoms with Crippen molar-refractivity contribution in [3.8, 4) is 0 Å². The Balaban J connectivity index is 1.65. The molecule has 6 nitrogen and oxygen atoms in total. The number of carbonyl (C=O) groups excluding carboxylic acids is 2.